The number of carbonyl (C=O) groups is 1. The smallest absolute Gasteiger partial charge is 0.356 e. The lowest BCUT2D eigenvalue weighted by Gasteiger charge is -2.40. The van der Waals surface area contributed by atoms with Gasteiger partial charge in [-0.1, -0.05) is 24.3 Å². The van der Waals surface area contributed by atoms with Gasteiger partial charge in [-0.05, 0) is 47.2 Å². The minimum atomic E-state index is -0.420. The Hall–Kier alpha value is -2.49. The first-order chi connectivity index (χ1) is 11.2. The predicted molar refractivity (Wildman–Crippen MR) is 84.0 cm³/mol. The van der Waals surface area contributed by atoms with E-state index in [9.17, 15) is 9.18 Å². The first-order valence-corrected chi connectivity index (χ1v) is 7.69. The van der Waals surface area contributed by atoms with Crippen molar-refractivity contribution in [3.05, 3.63) is 76.9 Å². The van der Waals surface area contributed by atoms with E-state index in [1.54, 1.807) is 6.20 Å². The molecule has 1 heterocycles. The Balaban J connectivity index is 1.76. The summed E-state index contributed by atoms with van der Waals surface area (Å²) in [5.41, 5.74) is 3.79. The van der Waals surface area contributed by atoms with Gasteiger partial charge in [0.2, 0.25) is 0 Å². The van der Waals surface area contributed by atoms with Crippen LogP contribution in [0.15, 0.2) is 48.7 Å². The van der Waals surface area contributed by atoms with Crippen LogP contribution in [0.3, 0.4) is 0 Å². The maximum Gasteiger partial charge on any atom is 0.356 e. The third kappa shape index (κ3) is 2.25. The Morgan fingerprint density at radius 2 is 2.00 bits per heavy atom. The van der Waals surface area contributed by atoms with Gasteiger partial charge in [0.15, 0.2) is 0 Å². The number of nitrogens with zero attached hydrogens (tertiary/aromatic N) is 1. The topological polar surface area (TPSA) is 39.2 Å². The molecule has 3 nitrogen and oxygen atoms in total. The molecule has 0 spiro atoms. The van der Waals surface area contributed by atoms with E-state index in [0.717, 1.165) is 17.5 Å². The van der Waals surface area contributed by atoms with Crippen molar-refractivity contribution in [2.24, 2.45) is 0 Å². The van der Waals surface area contributed by atoms with Gasteiger partial charge in [0.25, 0.3) is 0 Å². The molecular formula is C19H16FNO2. The van der Waals surface area contributed by atoms with E-state index in [0.29, 0.717) is 17.5 Å². The summed E-state index contributed by atoms with van der Waals surface area (Å²) in [6, 6.07) is 8.58. The summed E-state index contributed by atoms with van der Waals surface area (Å²) in [6.07, 6.45) is 7.20. The number of hydrogen-bond donors (Lipinski definition) is 0. The van der Waals surface area contributed by atoms with E-state index in [2.05, 4.69) is 17.1 Å². The van der Waals surface area contributed by atoms with Crippen LogP contribution in [0.1, 0.15) is 51.4 Å². The third-order valence-corrected chi connectivity index (χ3v) is 4.91. The van der Waals surface area contributed by atoms with Gasteiger partial charge in [-0.15, -0.1) is 0 Å². The second-order valence-corrected chi connectivity index (χ2v) is 6.10. The number of esters is 1. The van der Waals surface area contributed by atoms with Crippen molar-refractivity contribution in [1.29, 1.82) is 0 Å². The van der Waals surface area contributed by atoms with Gasteiger partial charge in [-0.3, -0.25) is 0 Å². The van der Waals surface area contributed by atoms with E-state index in [1.165, 1.54) is 24.8 Å². The molecule has 4 heteroatoms. The largest absolute Gasteiger partial charge is 0.464 e. The number of pyridine rings is 1. The van der Waals surface area contributed by atoms with Crippen molar-refractivity contribution in [3.63, 3.8) is 0 Å². The van der Waals surface area contributed by atoms with Gasteiger partial charge in [-0.2, -0.15) is 0 Å². The normalized spacial score (nSPS) is 24.3. The SMILES string of the molecule is COC(=O)c1cc2c(cn1)C1C=CC2C(c2ccc(F)cc2)C1. The molecule has 116 valence electrons. The lowest BCUT2D eigenvalue weighted by atomic mass is 9.64. The second-order valence-electron chi connectivity index (χ2n) is 6.10. The molecule has 3 unspecified atom stereocenters. The number of ether oxygens (including phenoxy) is 1. The fourth-order valence-electron chi connectivity index (χ4n) is 3.79. The van der Waals surface area contributed by atoms with E-state index in [1.807, 2.05) is 18.2 Å². The molecule has 0 saturated carbocycles. The Kier molecular flexibility index (Phi) is 3.26. The van der Waals surface area contributed by atoms with Crippen molar-refractivity contribution < 1.29 is 13.9 Å². The molecule has 2 aromatic rings. The molecule has 0 saturated heterocycles. The number of aromatic nitrogens is 1. The van der Waals surface area contributed by atoms with E-state index in [4.69, 9.17) is 4.74 Å². The highest BCUT2D eigenvalue weighted by Crippen LogP contribution is 2.52. The highest BCUT2D eigenvalue weighted by Gasteiger charge is 2.37. The minimum Gasteiger partial charge on any atom is -0.464 e. The molecule has 0 N–H and O–H groups in total. The van der Waals surface area contributed by atoms with Crippen LogP contribution in [0.5, 0.6) is 0 Å². The third-order valence-electron chi connectivity index (χ3n) is 4.91. The predicted octanol–water partition coefficient (Wildman–Crippen LogP) is 3.93. The van der Waals surface area contributed by atoms with Crippen molar-refractivity contribution in [2.45, 2.75) is 24.2 Å². The van der Waals surface area contributed by atoms with Gasteiger partial charge in [-0.25, -0.2) is 14.2 Å². The maximum absolute atomic E-state index is 13.2. The highest BCUT2D eigenvalue weighted by atomic mass is 19.1. The molecule has 23 heavy (non-hydrogen) atoms. The van der Waals surface area contributed by atoms with Crippen LogP contribution in [0.2, 0.25) is 0 Å². The van der Waals surface area contributed by atoms with Crippen LogP contribution in [0.4, 0.5) is 4.39 Å². The zero-order valence-corrected chi connectivity index (χ0v) is 12.7. The summed E-state index contributed by atoms with van der Waals surface area (Å²) in [5, 5.41) is 0. The van der Waals surface area contributed by atoms with Crippen LogP contribution in [0.25, 0.3) is 0 Å². The summed E-state index contributed by atoms with van der Waals surface area (Å²) in [7, 11) is 1.36. The summed E-state index contributed by atoms with van der Waals surface area (Å²) in [4.78, 5) is 16.0. The van der Waals surface area contributed by atoms with Crippen molar-refractivity contribution in [3.8, 4) is 0 Å². The van der Waals surface area contributed by atoms with Crippen LogP contribution in [-0.4, -0.2) is 18.1 Å². The number of halogens is 1. The van der Waals surface area contributed by atoms with Crippen LogP contribution >= 0.6 is 0 Å². The lowest BCUT2D eigenvalue weighted by Crippen LogP contribution is -2.25. The number of benzene rings is 1. The Morgan fingerprint density at radius 1 is 1.22 bits per heavy atom. The molecule has 3 aliphatic carbocycles. The van der Waals surface area contributed by atoms with E-state index < -0.39 is 5.97 Å². The summed E-state index contributed by atoms with van der Waals surface area (Å²) in [6.45, 7) is 0. The number of rotatable bonds is 2. The fraction of sp³-hybridized carbons (Fsp3) is 0.263. The Morgan fingerprint density at radius 3 is 2.74 bits per heavy atom. The van der Waals surface area contributed by atoms with Crippen LogP contribution in [0, 0.1) is 5.82 Å². The quantitative estimate of drug-likeness (QED) is 0.623. The van der Waals surface area contributed by atoms with E-state index in [-0.39, 0.29) is 11.7 Å². The van der Waals surface area contributed by atoms with Crippen molar-refractivity contribution >= 4 is 5.97 Å². The van der Waals surface area contributed by atoms with E-state index >= 15 is 0 Å². The first-order valence-electron chi connectivity index (χ1n) is 7.69. The molecule has 3 aliphatic rings. The standard InChI is InChI=1S/C19H16FNO2/c1-23-19(22)18-9-16-14-7-4-12(17(16)10-21-18)8-15(14)11-2-5-13(20)6-3-11/h2-7,9-10,12,14-15H,8H2,1H3. The minimum absolute atomic E-state index is 0.187. The number of fused-ring (bicyclic) bond motifs is 1. The molecule has 0 fully saturated rings. The summed E-state index contributed by atoms with van der Waals surface area (Å²) < 4.78 is 18.0. The molecule has 0 amide bonds. The van der Waals surface area contributed by atoms with Gasteiger partial charge in [0, 0.05) is 18.0 Å². The van der Waals surface area contributed by atoms with Gasteiger partial charge < -0.3 is 4.74 Å². The molecule has 0 aliphatic heterocycles. The summed E-state index contributed by atoms with van der Waals surface area (Å²) >= 11 is 0. The molecular weight excluding hydrogens is 293 g/mol. The molecule has 1 aromatic carbocycles. The zero-order valence-electron chi connectivity index (χ0n) is 12.7. The molecule has 3 atom stereocenters. The average Bonchev–Trinajstić information content (AvgIpc) is 2.61. The molecule has 2 bridgehead atoms. The number of methoxy groups -OCH3 is 1. The van der Waals surface area contributed by atoms with Crippen molar-refractivity contribution in [1.82, 2.24) is 4.98 Å². The lowest BCUT2D eigenvalue weighted by molar-refractivity contribution is 0.0593. The molecule has 5 rings (SSSR count). The molecule has 0 radical (unpaired) electrons. The Bertz CT molecular complexity index is 798. The fourth-order valence-corrected chi connectivity index (χ4v) is 3.79. The average molecular weight is 309 g/mol. The van der Waals surface area contributed by atoms with Gasteiger partial charge in [0.1, 0.15) is 11.5 Å². The first kappa shape index (κ1) is 14.1. The zero-order chi connectivity index (χ0) is 16.0. The van der Waals surface area contributed by atoms with Crippen LogP contribution in [-0.2, 0) is 4.74 Å². The molecule has 1 aromatic heterocycles. The van der Waals surface area contributed by atoms with Gasteiger partial charge >= 0.3 is 5.97 Å². The Labute approximate surface area is 133 Å². The monoisotopic (exact) mass is 309 g/mol. The maximum atomic E-state index is 13.2. The summed E-state index contributed by atoms with van der Waals surface area (Å²) in [5.74, 6) is 0.140. The van der Waals surface area contributed by atoms with Crippen molar-refractivity contribution in [2.75, 3.05) is 7.11 Å². The number of allylic oxidation sites excluding steroid dienone is 2. The van der Waals surface area contributed by atoms with Gasteiger partial charge in [0.05, 0.1) is 7.11 Å². The number of carbonyl (C=O) groups excluding carboxylic acids is 1. The number of hydrogen-bond acceptors (Lipinski definition) is 3. The highest BCUT2D eigenvalue weighted by molar-refractivity contribution is 5.87. The van der Waals surface area contributed by atoms with Crippen LogP contribution < -0.4 is 0 Å². The second kappa shape index (κ2) is 5.30.